The number of fused-ring (bicyclic) bond motifs is 2. The molecule has 35 heavy (non-hydrogen) atoms. The molecule has 0 spiro atoms. The average Bonchev–Trinajstić information content (AvgIpc) is 3.48. The summed E-state index contributed by atoms with van der Waals surface area (Å²) in [6.45, 7) is 1.89. The third-order valence-electron chi connectivity index (χ3n) is 5.27. The summed E-state index contributed by atoms with van der Waals surface area (Å²) in [6, 6.07) is 20.6. The molecule has 9 nitrogen and oxygen atoms in total. The van der Waals surface area contributed by atoms with E-state index >= 15 is 0 Å². The molecule has 0 aliphatic carbocycles. The van der Waals surface area contributed by atoms with Gasteiger partial charge in [-0.3, -0.25) is 15.1 Å². The number of carbonyl (C=O) groups excluding carboxylic acids is 1. The second-order valence-electron chi connectivity index (χ2n) is 7.82. The minimum atomic E-state index is -0.233. The fraction of sp³-hybridized carbons (Fsp3) is 0.0400. The number of hydrogen-bond acceptors (Lipinski definition) is 8. The summed E-state index contributed by atoms with van der Waals surface area (Å²) in [6.07, 6.45) is 3.41. The van der Waals surface area contributed by atoms with E-state index in [1.807, 2.05) is 61.5 Å². The van der Waals surface area contributed by atoms with Crippen molar-refractivity contribution in [1.82, 2.24) is 29.5 Å². The standard InChI is InChI=1S/C25H18N8OS/c1-15-12-21(33-24(27-15)30-22(32-33)17-7-5-11-26-14-17)28-18-8-4-6-16(13-18)23(34)31-25-29-19-9-2-3-10-20(19)35-25/h2-14,28H,1H3,(H,29,31,34). The van der Waals surface area contributed by atoms with Crippen LogP contribution in [0.5, 0.6) is 0 Å². The van der Waals surface area contributed by atoms with Crippen LogP contribution in [0.15, 0.2) is 79.1 Å². The number of para-hydroxylation sites is 1. The molecule has 0 saturated heterocycles. The van der Waals surface area contributed by atoms with E-state index in [0.29, 0.717) is 28.1 Å². The molecule has 0 atom stereocenters. The highest BCUT2D eigenvalue weighted by Gasteiger charge is 2.14. The summed E-state index contributed by atoms with van der Waals surface area (Å²) >= 11 is 1.44. The summed E-state index contributed by atoms with van der Waals surface area (Å²) in [7, 11) is 0. The van der Waals surface area contributed by atoms with Gasteiger partial charge in [-0.15, -0.1) is 5.10 Å². The highest BCUT2D eigenvalue weighted by molar-refractivity contribution is 7.22. The molecule has 0 aliphatic heterocycles. The molecule has 6 rings (SSSR count). The Kier molecular flexibility index (Phi) is 5.12. The molecule has 4 heterocycles. The molecule has 170 valence electrons. The van der Waals surface area contributed by atoms with Crippen LogP contribution in [-0.4, -0.2) is 35.5 Å². The third kappa shape index (κ3) is 4.18. The molecule has 0 bridgehead atoms. The van der Waals surface area contributed by atoms with E-state index in [4.69, 9.17) is 0 Å². The smallest absolute Gasteiger partial charge is 0.257 e. The van der Waals surface area contributed by atoms with Gasteiger partial charge in [0.25, 0.3) is 11.7 Å². The van der Waals surface area contributed by atoms with E-state index in [1.165, 1.54) is 11.3 Å². The second kappa shape index (κ2) is 8.58. The number of pyridine rings is 1. The Morgan fingerprint density at radius 1 is 0.971 bits per heavy atom. The molecular weight excluding hydrogens is 460 g/mol. The van der Waals surface area contributed by atoms with Crippen LogP contribution >= 0.6 is 11.3 Å². The van der Waals surface area contributed by atoms with Crippen molar-refractivity contribution in [3.05, 3.63) is 90.4 Å². The maximum absolute atomic E-state index is 12.9. The number of nitrogens with zero attached hydrogens (tertiary/aromatic N) is 6. The molecule has 0 unspecified atom stereocenters. The van der Waals surface area contributed by atoms with Crippen LogP contribution < -0.4 is 10.6 Å². The first-order valence-corrected chi connectivity index (χ1v) is 11.6. The van der Waals surface area contributed by atoms with Crippen LogP contribution in [-0.2, 0) is 0 Å². The molecule has 0 aliphatic rings. The second-order valence-corrected chi connectivity index (χ2v) is 8.85. The number of carbonyl (C=O) groups is 1. The minimum Gasteiger partial charge on any atom is -0.340 e. The Bertz CT molecular complexity index is 1660. The summed E-state index contributed by atoms with van der Waals surface area (Å²) in [5, 5.41) is 11.4. The lowest BCUT2D eigenvalue weighted by Crippen LogP contribution is -2.12. The third-order valence-corrected chi connectivity index (χ3v) is 6.22. The van der Waals surface area contributed by atoms with Crippen molar-refractivity contribution >= 4 is 49.9 Å². The van der Waals surface area contributed by atoms with Gasteiger partial charge in [0.2, 0.25) is 0 Å². The molecule has 2 aromatic carbocycles. The predicted molar refractivity (Wildman–Crippen MR) is 136 cm³/mol. The quantitative estimate of drug-likeness (QED) is 0.355. The summed E-state index contributed by atoms with van der Waals surface area (Å²) in [5.74, 6) is 1.45. The van der Waals surface area contributed by atoms with Crippen LogP contribution in [0.1, 0.15) is 16.1 Å². The molecule has 0 saturated carbocycles. The number of aryl methyl sites for hydroxylation is 1. The highest BCUT2D eigenvalue weighted by atomic mass is 32.1. The van der Waals surface area contributed by atoms with Gasteiger partial charge in [-0.1, -0.05) is 29.5 Å². The van der Waals surface area contributed by atoms with E-state index < -0.39 is 0 Å². The fourth-order valence-electron chi connectivity index (χ4n) is 3.67. The maximum atomic E-state index is 12.9. The van der Waals surface area contributed by atoms with Crippen LogP contribution in [0.2, 0.25) is 0 Å². The molecule has 6 aromatic rings. The molecule has 0 fully saturated rings. The summed E-state index contributed by atoms with van der Waals surface area (Å²) in [5.41, 5.74) is 3.68. The molecule has 1 amide bonds. The zero-order valence-corrected chi connectivity index (χ0v) is 19.3. The van der Waals surface area contributed by atoms with Crippen molar-refractivity contribution in [3.8, 4) is 11.4 Å². The first-order valence-electron chi connectivity index (χ1n) is 10.8. The minimum absolute atomic E-state index is 0.233. The van der Waals surface area contributed by atoms with Crippen LogP contribution in [0.4, 0.5) is 16.6 Å². The lowest BCUT2D eigenvalue weighted by Gasteiger charge is -2.10. The fourth-order valence-corrected chi connectivity index (χ4v) is 4.54. The maximum Gasteiger partial charge on any atom is 0.257 e. The number of thiazole rings is 1. The number of amides is 1. The van der Waals surface area contributed by atoms with Crippen molar-refractivity contribution in [1.29, 1.82) is 0 Å². The monoisotopic (exact) mass is 478 g/mol. The van der Waals surface area contributed by atoms with Crippen molar-refractivity contribution in [2.24, 2.45) is 0 Å². The first kappa shape index (κ1) is 20.9. The Balaban J connectivity index is 1.28. The van der Waals surface area contributed by atoms with Crippen molar-refractivity contribution in [2.45, 2.75) is 6.92 Å². The summed E-state index contributed by atoms with van der Waals surface area (Å²) < 4.78 is 2.66. The topological polar surface area (TPSA) is 110 Å². The largest absolute Gasteiger partial charge is 0.340 e. The molecule has 0 radical (unpaired) electrons. The molecule has 4 aromatic heterocycles. The Labute approximate surface area is 203 Å². The average molecular weight is 479 g/mol. The highest BCUT2D eigenvalue weighted by Crippen LogP contribution is 2.26. The number of anilines is 3. The van der Waals surface area contributed by atoms with E-state index in [2.05, 4.69) is 35.7 Å². The number of nitrogens with one attached hydrogen (secondary N) is 2. The van der Waals surface area contributed by atoms with Gasteiger partial charge in [0.15, 0.2) is 11.0 Å². The van der Waals surface area contributed by atoms with Gasteiger partial charge in [-0.05, 0) is 49.4 Å². The number of benzene rings is 2. The molecule has 10 heteroatoms. The van der Waals surface area contributed by atoms with Crippen molar-refractivity contribution < 1.29 is 4.79 Å². The SMILES string of the molecule is Cc1cc(Nc2cccc(C(=O)Nc3nc4ccccc4s3)c2)n2nc(-c3cccnc3)nc2n1. The Hall–Kier alpha value is -4.70. The van der Waals surface area contributed by atoms with Gasteiger partial charge in [0, 0.05) is 41.0 Å². The number of rotatable bonds is 5. The van der Waals surface area contributed by atoms with Crippen LogP contribution in [0, 0.1) is 6.92 Å². The zero-order valence-electron chi connectivity index (χ0n) is 18.5. The van der Waals surface area contributed by atoms with Gasteiger partial charge in [0.05, 0.1) is 10.2 Å². The molecular formula is C25H18N8OS. The number of hydrogen-bond donors (Lipinski definition) is 2. The van der Waals surface area contributed by atoms with Gasteiger partial charge in [-0.2, -0.15) is 9.50 Å². The number of aromatic nitrogens is 6. The zero-order chi connectivity index (χ0) is 23.8. The van der Waals surface area contributed by atoms with Gasteiger partial charge >= 0.3 is 0 Å². The van der Waals surface area contributed by atoms with Crippen molar-refractivity contribution in [3.63, 3.8) is 0 Å². The van der Waals surface area contributed by atoms with E-state index in [1.54, 1.807) is 29.0 Å². The Morgan fingerprint density at radius 2 is 1.89 bits per heavy atom. The molecule has 2 N–H and O–H groups in total. The van der Waals surface area contributed by atoms with E-state index in [0.717, 1.165) is 27.2 Å². The summed E-state index contributed by atoms with van der Waals surface area (Å²) in [4.78, 5) is 30.6. The first-order chi connectivity index (χ1) is 17.1. The van der Waals surface area contributed by atoms with Crippen LogP contribution in [0.25, 0.3) is 27.4 Å². The van der Waals surface area contributed by atoms with Crippen LogP contribution in [0.3, 0.4) is 0 Å². The van der Waals surface area contributed by atoms with Gasteiger partial charge < -0.3 is 5.32 Å². The lowest BCUT2D eigenvalue weighted by atomic mass is 10.2. The lowest BCUT2D eigenvalue weighted by molar-refractivity contribution is 0.102. The van der Waals surface area contributed by atoms with Crippen molar-refractivity contribution in [2.75, 3.05) is 10.6 Å². The Morgan fingerprint density at radius 3 is 2.74 bits per heavy atom. The normalized spacial score (nSPS) is 11.1. The van der Waals surface area contributed by atoms with Gasteiger partial charge in [-0.25, -0.2) is 9.97 Å². The van der Waals surface area contributed by atoms with Gasteiger partial charge in [0.1, 0.15) is 5.82 Å². The van der Waals surface area contributed by atoms with E-state index in [-0.39, 0.29) is 5.91 Å². The van der Waals surface area contributed by atoms with E-state index in [9.17, 15) is 4.79 Å². The predicted octanol–water partition coefficient (Wildman–Crippen LogP) is 5.10.